The van der Waals surface area contributed by atoms with Crippen LogP contribution < -0.4 is 21.1 Å². The van der Waals surface area contributed by atoms with Crippen LogP contribution in [0.5, 0.6) is 5.75 Å². The highest BCUT2D eigenvalue weighted by Gasteiger charge is 2.43. The number of nitrogens with two attached hydrogens (primary N) is 1. The number of hydrogen-bond acceptors (Lipinski definition) is 5. The van der Waals surface area contributed by atoms with Gasteiger partial charge in [0, 0.05) is 37.4 Å². The summed E-state index contributed by atoms with van der Waals surface area (Å²) in [5.74, 6) is -0.870. The zero-order valence-corrected chi connectivity index (χ0v) is 17.0. The minimum Gasteiger partial charge on any atom is -0.497 e. The highest BCUT2D eigenvalue weighted by atomic mass is 19.1. The van der Waals surface area contributed by atoms with E-state index in [-0.39, 0.29) is 26.2 Å². The normalized spacial score (nSPS) is 15.5. The molecule has 1 unspecified atom stereocenters. The van der Waals surface area contributed by atoms with E-state index in [2.05, 4.69) is 10.6 Å². The molecule has 10 heteroatoms. The zero-order chi connectivity index (χ0) is 22.4. The zero-order valence-electron chi connectivity index (χ0n) is 17.0. The molecular weight excluding hydrogens is 405 g/mol. The fourth-order valence-electron chi connectivity index (χ4n) is 3.27. The lowest BCUT2D eigenvalue weighted by Crippen LogP contribution is -2.55. The number of nitrogens with zero attached hydrogens (tertiary/aromatic N) is 2. The van der Waals surface area contributed by atoms with Crippen molar-refractivity contribution < 1.29 is 23.5 Å². The number of urea groups is 1. The molecule has 9 nitrogen and oxygen atoms in total. The molecule has 1 aliphatic heterocycles. The van der Waals surface area contributed by atoms with Gasteiger partial charge in [0.2, 0.25) is 0 Å². The molecule has 1 fully saturated rings. The molecule has 0 radical (unpaired) electrons. The van der Waals surface area contributed by atoms with Crippen LogP contribution in [0.15, 0.2) is 48.5 Å². The Morgan fingerprint density at radius 2 is 1.84 bits per heavy atom. The van der Waals surface area contributed by atoms with Crippen molar-refractivity contribution in [2.45, 2.75) is 6.17 Å². The number of amides is 4. The molecule has 2 aromatic carbocycles. The third kappa shape index (κ3) is 5.10. The van der Waals surface area contributed by atoms with Crippen molar-refractivity contribution in [3.8, 4) is 5.75 Å². The van der Waals surface area contributed by atoms with Crippen molar-refractivity contribution in [3.05, 3.63) is 59.9 Å². The summed E-state index contributed by atoms with van der Waals surface area (Å²) in [4.78, 5) is 41.4. The highest BCUT2D eigenvalue weighted by Crippen LogP contribution is 2.22. The van der Waals surface area contributed by atoms with E-state index < -0.39 is 29.8 Å². The topological polar surface area (TPSA) is 117 Å². The van der Waals surface area contributed by atoms with Crippen molar-refractivity contribution in [1.29, 1.82) is 0 Å². The maximum absolute atomic E-state index is 13.1. The summed E-state index contributed by atoms with van der Waals surface area (Å²) < 4.78 is 18.3. The smallest absolute Gasteiger partial charge is 0.323 e. The molecule has 4 amide bonds. The van der Waals surface area contributed by atoms with Crippen LogP contribution >= 0.6 is 0 Å². The minimum absolute atomic E-state index is 0.142. The van der Waals surface area contributed by atoms with E-state index in [4.69, 9.17) is 10.5 Å². The Balaban J connectivity index is 1.83. The average Bonchev–Trinajstić information content (AvgIpc) is 3.24. The number of hydrogen-bond donors (Lipinski definition) is 3. The van der Waals surface area contributed by atoms with Gasteiger partial charge in [-0.25, -0.2) is 9.18 Å². The van der Waals surface area contributed by atoms with E-state index in [1.807, 2.05) is 0 Å². The highest BCUT2D eigenvalue weighted by molar-refractivity contribution is 6.00. The second-order valence-corrected chi connectivity index (χ2v) is 6.81. The molecular formula is C21H24FN5O4. The quantitative estimate of drug-likeness (QED) is 0.639. The molecule has 164 valence electrons. The first-order chi connectivity index (χ1) is 14.9. The van der Waals surface area contributed by atoms with Gasteiger partial charge in [-0.15, -0.1) is 0 Å². The van der Waals surface area contributed by atoms with Crippen LogP contribution in [0.25, 0.3) is 0 Å². The number of methoxy groups -OCH3 is 1. The second-order valence-electron chi connectivity index (χ2n) is 6.81. The largest absolute Gasteiger partial charge is 0.497 e. The second kappa shape index (κ2) is 9.90. The lowest BCUT2D eigenvalue weighted by atomic mass is 10.2. The Labute approximate surface area is 178 Å². The molecule has 31 heavy (non-hydrogen) atoms. The average molecular weight is 429 g/mol. The molecule has 0 bridgehead atoms. The fourth-order valence-corrected chi connectivity index (χ4v) is 3.27. The maximum Gasteiger partial charge on any atom is 0.323 e. The number of carbonyl (C=O) groups is 3. The van der Waals surface area contributed by atoms with Crippen molar-refractivity contribution in [3.63, 3.8) is 0 Å². The fraction of sp³-hybridized carbons (Fsp3) is 0.286. The van der Waals surface area contributed by atoms with Gasteiger partial charge in [-0.1, -0.05) is 6.07 Å². The SMILES string of the molecule is COc1cccc(C(=O)N2CCN(C(=O)Nc3ccc(F)cc3)C2C(=O)NCCN)c1. The van der Waals surface area contributed by atoms with Gasteiger partial charge in [0.05, 0.1) is 7.11 Å². The molecule has 0 spiro atoms. The number of benzene rings is 2. The van der Waals surface area contributed by atoms with Gasteiger partial charge >= 0.3 is 6.03 Å². The summed E-state index contributed by atoms with van der Waals surface area (Å²) >= 11 is 0. The molecule has 0 saturated carbocycles. The summed E-state index contributed by atoms with van der Waals surface area (Å²) in [6.45, 7) is 0.713. The van der Waals surface area contributed by atoms with E-state index in [0.29, 0.717) is 17.0 Å². The van der Waals surface area contributed by atoms with Gasteiger partial charge in [-0.05, 0) is 42.5 Å². The number of anilines is 1. The van der Waals surface area contributed by atoms with E-state index in [1.54, 1.807) is 24.3 Å². The number of ether oxygens (including phenoxy) is 1. The van der Waals surface area contributed by atoms with E-state index >= 15 is 0 Å². The number of carbonyl (C=O) groups excluding carboxylic acids is 3. The molecule has 1 aliphatic rings. The van der Waals surface area contributed by atoms with Gasteiger partial charge in [0.1, 0.15) is 11.6 Å². The molecule has 4 N–H and O–H groups in total. The van der Waals surface area contributed by atoms with Crippen LogP contribution in [0.1, 0.15) is 10.4 Å². The first kappa shape index (κ1) is 22.0. The molecule has 1 atom stereocenters. The standard InChI is InChI=1S/C21H24FN5O4/c1-31-17-4-2-3-14(13-17)20(29)26-11-12-27(19(26)18(28)24-10-9-23)21(30)25-16-7-5-15(22)6-8-16/h2-8,13,19H,9-12,23H2,1H3,(H,24,28)(H,25,30). The third-order valence-corrected chi connectivity index (χ3v) is 4.78. The van der Waals surface area contributed by atoms with Crippen LogP contribution in [-0.2, 0) is 4.79 Å². The summed E-state index contributed by atoms with van der Waals surface area (Å²) in [6, 6.07) is 11.2. The van der Waals surface area contributed by atoms with Crippen molar-refractivity contribution in [2.24, 2.45) is 5.73 Å². The maximum atomic E-state index is 13.1. The monoisotopic (exact) mass is 429 g/mol. The third-order valence-electron chi connectivity index (χ3n) is 4.78. The molecule has 0 aliphatic carbocycles. The predicted molar refractivity (Wildman–Crippen MR) is 112 cm³/mol. The van der Waals surface area contributed by atoms with Gasteiger partial charge < -0.3 is 26.0 Å². The van der Waals surface area contributed by atoms with Crippen LogP contribution in [0.4, 0.5) is 14.9 Å². The Bertz CT molecular complexity index is 953. The van der Waals surface area contributed by atoms with Crippen LogP contribution in [0, 0.1) is 5.82 Å². The Kier molecular flexibility index (Phi) is 7.03. The van der Waals surface area contributed by atoms with Crippen LogP contribution in [-0.4, -0.2) is 67.1 Å². The molecule has 2 aromatic rings. The van der Waals surface area contributed by atoms with Crippen molar-refractivity contribution in [1.82, 2.24) is 15.1 Å². The first-order valence-electron chi connectivity index (χ1n) is 9.70. The summed E-state index contributed by atoms with van der Waals surface area (Å²) in [7, 11) is 1.49. The Hall–Kier alpha value is -3.66. The van der Waals surface area contributed by atoms with E-state index in [1.165, 1.54) is 41.2 Å². The van der Waals surface area contributed by atoms with Crippen LogP contribution in [0.2, 0.25) is 0 Å². The Morgan fingerprint density at radius 1 is 1.13 bits per heavy atom. The van der Waals surface area contributed by atoms with Gasteiger partial charge in [0.25, 0.3) is 11.8 Å². The van der Waals surface area contributed by atoms with E-state index in [9.17, 15) is 18.8 Å². The Morgan fingerprint density at radius 3 is 2.52 bits per heavy atom. The molecule has 1 saturated heterocycles. The first-order valence-corrected chi connectivity index (χ1v) is 9.70. The van der Waals surface area contributed by atoms with Gasteiger partial charge in [0.15, 0.2) is 6.17 Å². The van der Waals surface area contributed by atoms with Gasteiger partial charge in [-0.3, -0.25) is 14.5 Å². The summed E-state index contributed by atoms with van der Waals surface area (Å²) in [5.41, 5.74) is 6.17. The molecule has 0 aromatic heterocycles. The summed E-state index contributed by atoms with van der Waals surface area (Å²) in [6.07, 6.45) is -1.16. The molecule has 1 heterocycles. The van der Waals surface area contributed by atoms with Crippen LogP contribution in [0.3, 0.4) is 0 Å². The lowest BCUT2D eigenvalue weighted by Gasteiger charge is -2.29. The number of halogens is 1. The number of nitrogens with one attached hydrogen (secondary N) is 2. The van der Waals surface area contributed by atoms with Gasteiger partial charge in [-0.2, -0.15) is 0 Å². The number of rotatable bonds is 6. The van der Waals surface area contributed by atoms with Crippen molar-refractivity contribution >= 4 is 23.5 Å². The van der Waals surface area contributed by atoms with E-state index in [0.717, 1.165) is 0 Å². The predicted octanol–water partition coefficient (Wildman–Crippen LogP) is 1.23. The minimum atomic E-state index is -1.16. The summed E-state index contributed by atoms with van der Waals surface area (Å²) in [5, 5.41) is 5.26. The molecule has 3 rings (SSSR count). The lowest BCUT2D eigenvalue weighted by molar-refractivity contribution is -0.127. The van der Waals surface area contributed by atoms with Crippen molar-refractivity contribution in [2.75, 3.05) is 38.6 Å².